The lowest BCUT2D eigenvalue weighted by Crippen LogP contribution is -2.53. The monoisotopic (exact) mass is 740 g/mol. The van der Waals surface area contributed by atoms with Gasteiger partial charge in [-0.25, -0.2) is 8.42 Å². The summed E-state index contributed by atoms with van der Waals surface area (Å²) in [4.78, 5) is 40.6. The van der Waals surface area contributed by atoms with Crippen molar-refractivity contribution >= 4 is 56.4 Å². The standard InChI is InChI=1S/C36H38Cl2N4O7S/c1-4-5-19-39-36(44)34(20-26-9-7-6-8-10-26)40(23-27-12-13-28(37)21-32(27)38)35(43)24-41(29-14-16-30(49-3)17-15-29)50(47,48)31-18-11-25(2)33(22-31)42(45)46/h6-18,21-22,34H,4-5,19-20,23-24H2,1-3H3,(H,39,44)/t34-/m1/s1. The zero-order valence-corrected chi connectivity index (χ0v) is 30.2. The zero-order chi connectivity index (χ0) is 36.4. The Morgan fingerprint density at radius 3 is 2.30 bits per heavy atom. The normalized spacial score (nSPS) is 11.8. The number of sulfonamides is 1. The van der Waals surface area contributed by atoms with Crippen LogP contribution in [0.15, 0.2) is 95.9 Å². The highest BCUT2D eigenvalue weighted by atomic mass is 35.5. The third kappa shape index (κ3) is 9.52. The van der Waals surface area contributed by atoms with E-state index in [9.17, 15) is 28.1 Å². The molecule has 0 unspecified atom stereocenters. The van der Waals surface area contributed by atoms with Crippen molar-refractivity contribution in [1.29, 1.82) is 0 Å². The summed E-state index contributed by atoms with van der Waals surface area (Å²) < 4.78 is 34.8. The van der Waals surface area contributed by atoms with Crippen molar-refractivity contribution in [2.45, 2.75) is 50.6 Å². The quantitative estimate of drug-likeness (QED) is 0.0744. The van der Waals surface area contributed by atoms with Crippen LogP contribution in [-0.4, -0.2) is 56.3 Å². The molecule has 0 heterocycles. The molecular formula is C36H38Cl2N4O7S. The predicted octanol–water partition coefficient (Wildman–Crippen LogP) is 6.97. The van der Waals surface area contributed by atoms with Gasteiger partial charge >= 0.3 is 0 Å². The molecule has 1 N–H and O–H groups in total. The van der Waals surface area contributed by atoms with Gasteiger partial charge in [-0.2, -0.15) is 0 Å². The molecule has 0 aliphatic heterocycles. The van der Waals surface area contributed by atoms with Gasteiger partial charge in [0.15, 0.2) is 0 Å². The highest BCUT2D eigenvalue weighted by Gasteiger charge is 2.35. The number of halogens is 2. The van der Waals surface area contributed by atoms with Crippen molar-refractivity contribution in [3.05, 3.63) is 128 Å². The second-order valence-corrected chi connectivity index (χ2v) is 14.2. The first-order valence-electron chi connectivity index (χ1n) is 15.8. The summed E-state index contributed by atoms with van der Waals surface area (Å²) in [5.74, 6) is -0.702. The summed E-state index contributed by atoms with van der Waals surface area (Å²) in [7, 11) is -3.13. The smallest absolute Gasteiger partial charge is 0.273 e. The van der Waals surface area contributed by atoms with Crippen LogP contribution in [-0.2, 0) is 32.6 Å². The zero-order valence-electron chi connectivity index (χ0n) is 27.8. The van der Waals surface area contributed by atoms with Gasteiger partial charge < -0.3 is 15.0 Å². The number of hydrogen-bond acceptors (Lipinski definition) is 7. The molecule has 4 aromatic carbocycles. The molecule has 4 rings (SSSR count). The summed E-state index contributed by atoms with van der Waals surface area (Å²) in [5.41, 5.74) is 1.23. The Morgan fingerprint density at radius 2 is 1.68 bits per heavy atom. The van der Waals surface area contributed by atoms with E-state index in [0.29, 0.717) is 29.3 Å². The number of ether oxygens (including phenoxy) is 1. The van der Waals surface area contributed by atoms with Crippen LogP contribution >= 0.6 is 23.2 Å². The molecule has 11 nitrogen and oxygen atoms in total. The summed E-state index contributed by atoms with van der Waals surface area (Å²) in [6.45, 7) is 2.96. The number of nitrogens with zero attached hydrogens (tertiary/aromatic N) is 3. The van der Waals surface area contributed by atoms with Crippen molar-refractivity contribution in [1.82, 2.24) is 10.2 Å². The first-order valence-corrected chi connectivity index (χ1v) is 18.0. The molecule has 0 bridgehead atoms. The van der Waals surface area contributed by atoms with E-state index in [2.05, 4.69) is 5.32 Å². The van der Waals surface area contributed by atoms with Gasteiger partial charge in [0.1, 0.15) is 18.3 Å². The van der Waals surface area contributed by atoms with Gasteiger partial charge in [-0.3, -0.25) is 24.0 Å². The molecule has 0 fully saturated rings. The number of aryl methyl sites for hydroxylation is 1. The van der Waals surface area contributed by atoms with E-state index in [1.165, 1.54) is 61.4 Å². The molecule has 0 aromatic heterocycles. The lowest BCUT2D eigenvalue weighted by molar-refractivity contribution is -0.385. The number of methoxy groups -OCH3 is 1. The largest absolute Gasteiger partial charge is 0.497 e. The van der Waals surface area contributed by atoms with Crippen LogP contribution in [0.25, 0.3) is 0 Å². The molecule has 0 spiro atoms. The van der Waals surface area contributed by atoms with Gasteiger partial charge in [-0.05, 0) is 66.9 Å². The maximum Gasteiger partial charge on any atom is 0.273 e. The average Bonchev–Trinajstić information content (AvgIpc) is 3.10. The van der Waals surface area contributed by atoms with E-state index < -0.39 is 45.0 Å². The second kappa shape index (κ2) is 17.3. The molecule has 264 valence electrons. The summed E-state index contributed by atoms with van der Waals surface area (Å²) in [5, 5.41) is 15.3. The minimum Gasteiger partial charge on any atom is -0.497 e. The Bertz CT molecular complexity index is 1930. The van der Waals surface area contributed by atoms with E-state index in [4.69, 9.17) is 27.9 Å². The third-order valence-corrected chi connectivity index (χ3v) is 10.4. The summed E-state index contributed by atoms with van der Waals surface area (Å²) in [6, 6.07) is 22.4. The van der Waals surface area contributed by atoms with Gasteiger partial charge in [-0.15, -0.1) is 0 Å². The first-order chi connectivity index (χ1) is 23.8. The number of anilines is 1. The van der Waals surface area contributed by atoms with Gasteiger partial charge in [0, 0.05) is 41.2 Å². The molecule has 0 radical (unpaired) electrons. The SMILES string of the molecule is CCCCNC(=O)[C@@H](Cc1ccccc1)N(Cc1ccc(Cl)cc1Cl)C(=O)CN(c1ccc(OC)cc1)S(=O)(=O)c1ccc(C)c([N+](=O)[O-])c1. The minimum atomic E-state index is -4.59. The van der Waals surface area contributed by atoms with Crippen molar-refractivity contribution in [2.75, 3.05) is 24.5 Å². The molecule has 4 aromatic rings. The Hall–Kier alpha value is -4.65. The second-order valence-electron chi connectivity index (χ2n) is 11.5. The fraction of sp³-hybridized carbons (Fsp3) is 0.278. The molecule has 0 aliphatic rings. The van der Waals surface area contributed by atoms with Crippen LogP contribution < -0.4 is 14.4 Å². The first kappa shape index (κ1) is 38.2. The predicted molar refractivity (Wildman–Crippen MR) is 194 cm³/mol. The van der Waals surface area contributed by atoms with E-state index >= 15 is 0 Å². The van der Waals surface area contributed by atoms with Crippen molar-refractivity contribution < 1.29 is 27.7 Å². The van der Waals surface area contributed by atoms with E-state index in [0.717, 1.165) is 22.4 Å². The van der Waals surface area contributed by atoms with Crippen molar-refractivity contribution in [3.8, 4) is 5.75 Å². The Balaban J connectivity index is 1.85. The van der Waals surface area contributed by atoms with E-state index in [1.807, 2.05) is 37.3 Å². The molecule has 2 amide bonds. The molecule has 0 aliphatic carbocycles. The topological polar surface area (TPSA) is 139 Å². The fourth-order valence-corrected chi connectivity index (χ4v) is 7.15. The molecule has 0 saturated carbocycles. The number of hydrogen-bond donors (Lipinski definition) is 1. The van der Waals surface area contributed by atoms with Crippen LogP contribution in [0.3, 0.4) is 0 Å². The molecule has 1 atom stereocenters. The van der Waals surface area contributed by atoms with Crippen LogP contribution in [0.2, 0.25) is 10.0 Å². The van der Waals surface area contributed by atoms with Crippen LogP contribution in [0, 0.1) is 17.0 Å². The molecule has 0 saturated heterocycles. The third-order valence-electron chi connectivity index (χ3n) is 8.06. The molecule has 50 heavy (non-hydrogen) atoms. The molecule has 14 heteroatoms. The Labute approximate surface area is 302 Å². The number of unbranched alkanes of at least 4 members (excludes halogenated alkanes) is 1. The number of amides is 2. The Morgan fingerprint density at radius 1 is 0.980 bits per heavy atom. The lowest BCUT2D eigenvalue weighted by atomic mass is 10.0. The van der Waals surface area contributed by atoms with Crippen LogP contribution in [0.4, 0.5) is 11.4 Å². The highest BCUT2D eigenvalue weighted by Crippen LogP contribution is 2.30. The number of nitro benzene ring substituents is 1. The van der Waals surface area contributed by atoms with Crippen LogP contribution in [0.1, 0.15) is 36.5 Å². The van der Waals surface area contributed by atoms with E-state index in [1.54, 1.807) is 12.1 Å². The van der Waals surface area contributed by atoms with Gasteiger partial charge in [0.2, 0.25) is 11.8 Å². The number of carbonyl (C=O) groups is 2. The van der Waals surface area contributed by atoms with Gasteiger partial charge in [0.25, 0.3) is 15.7 Å². The summed E-state index contributed by atoms with van der Waals surface area (Å²) in [6.07, 6.45) is 1.67. The maximum absolute atomic E-state index is 14.6. The fourth-order valence-electron chi connectivity index (χ4n) is 5.24. The number of nitro groups is 1. The van der Waals surface area contributed by atoms with Crippen molar-refractivity contribution in [2.24, 2.45) is 0 Å². The van der Waals surface area contributed by atoms with Gasteiger partial charge in [0.05, 0.1) is 22.6 Å². The Kier molecular flexibility index (Phi) is 13.2. The summed E-state index contributed by atoms with van der Waals surface area (Å²) >= 11 is 12.7. The molecular weight excluding hydrogens is 703 g/mol. The number of nitrogens with one attached hydrogen (secondary N) is 1. The number of benzene rings is 4. The average molecular weight is 742 g/mol. The maximum atomic E-state index is 14.6. The van der Waals surface area contributed by atoms with Crippen LogP contribution in [0.5, 0.6) is 5.75 Å². The highest BCUT2D eigenvalue weighted by molar-refractivity contribution is 7.92. The minimum absolute atomic E-state index is 0.0962. The lowest BCUT2D eigenvalue weighted by Gasteiger charge is -2.34. The number of carbonyl (C=O) groups excluding carboxylic acids is 2. The number of rotatable bonds is 16. The van der Waals surface area contributed by atoms with Gasteiger partial charge in [-0.1, -0.05) is 79.0 Å². The van der Waals surface area contributed by atoms with E-state index in [-0.39, 0.29) is 34.1 Å². The van der Waals surface area contributed by atoms with Crippen molar-refractivity contribution in [3.63, 3.8) is 0 Å².